The molecule has 0 spiro atoms. The van der Waals surface area contributed by atoms with E-state index in [-0.39, 0.29) is 18.4 Å². The molecule has 4 nitrogen and oxygen atoms in total. The minimum Gasteiger partial charge on any atom is -0.374 e. The Hall–Kier alpha value is -0.750. The van der Waals surface area contributed by atoms with Crippen LogP contribution in [0.15, 0.2) is 0 Å². The van der Waals surface area contributed by atoms with Crippen LogP contribution < -0.4 is 11.1 Å². The zero-order valence-corrected chi connectivity index (χ0v) is 8.13. The zero-order valence-electron chi connectivity index (χ0n) is 8.13. The lowest BCUT2D eigenvalue weighted by Gasteiger charge is -2.08. The highest BCUT2D eigenvalue weighted by Crippen LogP contribution is 1.92. The first-order valence-electron chi connectivity index (χ1n) is 4.40. The Morgan fingerprint density at radius 2 is 2.21 bits per heavy atom. The van der Waals surface area contributed by atoms with E-state index >= 15 is 0 Å². The number of hydrogen-bond donors (Lipinski definition) is 2. The second-order valence-corrected chi connectivity index (χ2v) is 2.97. The number of alkyl halides is 2. The summed E-state index contributed by atoms with van der Waals surface area (Å²) in [6.45, 7) is 2.22. The third kappa shape index (κ3) is 7.88. The maximum absolute atomic E-state index is 11.6. The van der Waals surface area contributed by atoms with Crippen LogP contribution >= 0.6 is 0 Å². The average molecular weight is 210 g/mol. The summed E-state index contributed by atoms with van der Waals surface area (Å²) in [5, 5.41) is 2.87. The number of rotatable bonds is 8. The molecule has 0 aliphatic carbocycles. The molecular weight excluding hydrogens is 194 g/mol. The van der Waals surface area contributed by atoms with Crippen molar-refractivity contribution in [3.05, 3.63) is 0 Å². The fourth-order valence-electron chi connectivity index (χ4n) is 0.736. The molecule has 0 saturated heterocycles. The molecule has 0 fully saturated rings. The first-order chi connectivity index (χ1) is 6.54. The van der Waals surface area contributed by atoms with Gasteiger partial charge in [0.15, 0.2) is 0 Å². The van der Waals surface area contributed by atoms with Crippen LogP contribution in [0.1, 0.15) is 6.92 Å². The molecule has 0 aromatic heterocycles. The van der Waals surface area contributed by atoms with Gasteiger partial charge in [0.2, 0.25) is 5.91 Å². The lowest BCUT2D eigenvalue weighted by atomic mass is 10.2. The third-order valence-electron chi connectivity index (χ3n) is 1.60. The Morgan fingerprint density at radius 1 is 1.57 bits per heavy atom. The maximum atomic E-state index is 11.6. The highest BCUT2D eigenvalue weighted by atomic mass is 19.3. The molecule has 6 heteroatoms. The monoisotopic (exact) mass is 210 g/mol. The molecule has 0 aliphatic rings. The van der Waals surface area contributed by atoms with Gasteiger partial charge in [-0.25, -0.2) is 8.78 Å². The van der Waals surface area contributed by atoms with E-state index in [9.17, 15) is 13.6 Å². The van der Waals surface area contributed by atoms with Gasteiger partial charge in [-0.3, -0.25) is 4.79 Å². The number of amides is 1. The lowest BCUT2D eigenvalue weighted by molar-refractivity contribution is -0.121. The van der Waals surface area contributed by atoms with Gasteiger partial charge >= 0.3 is 0 Å². The van der Waals surface area contributed by atoms with Gasteiger partial charge in [-0.2, -0.15) is 0 Å². The van der Waals surface area contributed by atoms with Gasteiger partial charge < -0.3 is 15.8 Å². The van der Waals surface area contributed by atoms with E-state index in [0.717, 1.165) is 0 Å². The lowest BCUT2D eigenvalue weighted by Crippen LogP contribution is -2.32. The maximum Gasteiger partial charge on any atom is 0.261 e. The van der Waals surface area contributed by atoms with Gasteiger partial charge in [0.1, 0.15) is 6.61 Å². The van der Waals surface area contributed by atoms with Gasteiger partial charge in [-0.05, 0) is 0 Å². The summed E-state index contributed by atoms with van der Waals surface area (Å²) in [7, 11) is 0. The topological polar surface area (TPSA) is 64.3 Å². The van der Waals surface area contributed by atoms with Crippen LogP contribution in [0.3, 0.4) is 0 Å². The van der Waals surface area contributed by atoms with Crippen molar-refractivity contribution >= 4 is 5.91 Å². The predicted molar refractivity (Wildman–Crippen MR) is 48.1 cm³/mol. The Labute approximate surface area is 81.8 Å². The van der Waals surface area contributed by atoms with Gasteiger partial charge in [0, 0.05) is 19.0 Å². The molecule has 1 atom stereocenters. The first kappa shape index (κ1) is 13.2. The predicted octanol–water partition coefficient (Wildman–Crippen LogP) is -0.0209. The fraction of sp³-hybridized carbons (Fsp3) is 0.875. The minimum atomic E-state index is -2.43. The van der Waals surface area contributed by atoms with Gasteiger partial charge in [-0.1, -0.05) is 6.92 Å². The molecule has 14 heavy (non-hydrogen) atoms. The van der Waals surface area contributed by atoms with Gasteiger partial charge in [0.05, 0.1) is 6.61 Å². The van der Waals surface area contributed by atoms with Crippen molar-refractivity contribution in [1.82, 2.24) is 5.32 Å². The molecule has 0 rings (SSSR count). The summed E-state index contributed by atoms with van der Waals surface area (Å²) >= 11 is 0. The minimum absolute atomic E-state index is 0.204. The van der Waals surface area contributed by atoms with Crippen LogP contribution in [0.5, 0.6) is 0 Å². The van der Waals surface area contributed by atoms with E-state index in [1.54, 1.807) is 6.92 Å². The molecule has 0 aliphatic heterocycles. The molecule has 0 aromatic carbocycles. The molecule has 1 unspecified atom stereocenters. The second kappa shape index (κ2) is 7.64. The van der Waals surface area contributed by atoms with Crippen LogP contribution in [0.25, 0.3) is 0 Å². The standard InChI is InChI=1S/C8H16F2N2O2/c1-6(8(11)13)4-12-2-3-14-5-7(9)10/h6-7,12H,2-5H2,1H3,(H2,11,13). The summed E-state index contributed by atoms with van der Waals surface area (Å²) in [6, 6.07) is 0. The molecule has 0 heterocycles. The van der Waals surface area contributed by atoms with Crippen LogP contribution in [0.2, 0.25) is 0 Å². The Kier molecular flexibility index (Phi) is 7.23. The number of nitrogens with one attached hydrogen (secondary N) is 1. The van der Waals surface area contributed by atoms with Gasteiger partial charge in [0.25, 0.3) is 6.43 Å². The van der Waals surface area contributed by atoms with Crippen molar-refractivity contribution in [3.63, 3.8) is 0 Å². The molecular formula is C8H16F2N2O2. The van der Waals surface area contributed by atoms with Crippen molar-refractivity contribution in [2.75, 3.05) is 26.3 Å². The Morgan fingerprint density at radius 3 is 2.71 bits per heavy atom. The number of hydrogen-bond acceptors (Lipinski definition) is 3. The van der Waals surface area contributed by atoms with Crippen molar-refractivity contribution in [2.24, 2.45) is 11.7 Å². The molecule has 0 radical (unpaired) electrons. The highest BCUT2D eigenvalue weighted by molar-refractivity contribution is 5.76. The quantitative estimate of drug-likeness (QED) is 0.553. The van der Waals surface area contributed by atoms with Crippen molar-refractivity contribution in [3.8, 4) is 0 Å². The number of primary amides is 1. The molecule has 0 bridgehead atoms. The smallest absolute Gasteiger partial charge is 0.261 e. The average Bonchev–Trinajstić information content (AvgIpc) is 2.09. The van der Waals surface area contributed by atoms with Crippen LogP contribution in [-0.2, 0) is 9.53 Å². The van der Waals surface area contributed by atoms with Crippen LogP contribution in [0.4, 0.5) is 8.78 Å². The summed E-state index contributed by atoms with van der Waals surface area (Å²) < 4.78 is 27.8. The fourth-order valence-corrected chi connectivity index (χ4v) is 0.736. The number of carbonyl (C=O) groups is 1. The SMILES string of the molecule is CC(CNCCOCC(F)F)C(N)=O. The third-order valence-corrected chi connectivity index (χ3v) is 1.60. The van der Waals surface area contributed by atoms with E-state index < -0.39 is 13.0 Å². The molecule has 0 saturated carbocycles. The summed E-state index contributed by atoms with van der Waals surface area (Å²) in [4.78, 5) is 10.6. The first-order valence-corrected chi connectivity index (χ1v) is 4.40. The number of halogens is 2. The summed E-state index contributed by atoms with van der Waals surface area (Å²) in [6.07, 6.45) is -2.43. The van der Waals surface area contributed by atoms with Crippen molar-refractivity contribution in [2.45, 2.75) is 13.3 Å². The molecule has 84 valence electrons. The normalized spacial score (nSPS) is 13.1. The number of carbonyl (C=O) groups excluding carboxylic acids is 1. The van der Waals surface area contributed by atoms with Crippen molar-refractivity contribution < 1.29 is 18.3 Å². The second-order valence-electron chi connectivity index (χ2n) is 2.97. The van der Waals surface area contributed by atoms with Gasteiger partial charge in [-0.15, -0.1) is 0 Å². The number of ether oxygens (including phenoxy) is 1. The van der Waals surface area contributed by atoms with E-state index in [4.69, 9.17) is 5.73 Å². The van der Waals surface area contributed by atoms with Crippen LogP contribution in [-0.4, -0.2) is 38.6 Å². The largest absolute Gasteiger partial charge is 0.374 e. The highest BCUT2D eigenvalue weighted by Gasteiger charge is 2.07. The van der Waals surface area contributed by atoms with Crippen molar-refractivity contribution in [1.29, 1.82) is 0 Å². The number of nitrogens with two attached hydrogens (primary N) is 1. The molecule has 1 amide bonds. The zero-order chi connectivity index (χ0) is 11.0. The Bertz CT molecular complexity index is 167. The Balaban J connectivity index is 3.17. The molecule has 3 N–H and O–H groups in total. The van der Waals surface area contributed by atoms with Crippen LogP contribution in [0, 0.1) is 5.92 Å². The summed E-state index contributed by atoms with van der Waals surface area (Å²) in [5.74, 6) is -0.643. The van der Waals surface area contributed by atoms with E-state index in [0.29, 0.717) is 13.1 Å². The van der Waals surface area contributed by atoms with E-state index in [2.05, 4.69) is 10.1 Å². The van der Waals surface area contributed by atoms with E-state index in [1.165, 1.54) is 0 Å². The summed E-state index contributed by atoms with van der Waals surface area (Å²) in [5.41, 5.74) is 5.01. The van der Waals surface area contributed by atoms with E-state index in [1.807, 2.05) is 0 Å². The molecule has 0 aromatic rings.